The number of rotatable bonds is 0. The monoisotopic (exact) mass is 263 g/mol. The summed E-state index contributed by atoms with van der Waals surface area (Å²) in [5.74, 6) is 0.608. The van der Waals surface area contributed by atoms with Gasteiger partial charge in [-0.1, -0.05) is 42.0 Å². The van der Waals surface area contributed by atoms with Crippen LogP contribution in [0.2, 0.25) is 0 Å². The quantitative estimate of drug-likeness (QED) is 0.724. The van der Waals surface area contributed by atoms with E-state index in [1.54, 1.807) is 11.1 Å². The molecule has 1 N–H and O–H groups in total. The Kier molecular flexibility index (Phi) is 2.33. The molecule has 1 aromatic rings. The molecule has 1 nitrogen and oxygen atoms in total. The highest BCUT2D eigenvalue weighted by atomic mass is 15.0. The lowest BCUT2D eigenvalue weighted by atomic mass is 9.76. The zero-order valence-electron chi connectivity index (χ0n) is 12.5. The number of nitrogens with one attached hydrogen (secondary N) is 1. The van der Waals surface area contributed by atoms with Gasteiger partial charge in [-0.25, -0.2) is 0 Å². The summed E-state index contributed by atoms with van der Waals surface area (Å²) in [4.78, 5) is 0. The van der Waals surface area contributed by atoms with E-state index in [4.69, 9.17) is 0 Å². The second kappa shape index (κ2) is 3.88. The molecule has 0 saturated heterocycles. The Hall–Kier alpha value is -1.76. The SMILES string of the molecule is CC1=CC(C)(C)NC2=C1CC1C(=Cc3ccccc31)C2. The molecule has 4 rings (SSSR count). The van der Waals surface area contributed by atoms with Crippen LogP contribution >= 0.6 is 0 Å². The topological polar surface area (TPSA) is 12.0 Å². The van der Waals surface area contributed by atoms with E-state index in [9.17, 15) is 0 Å². The maximum atomic E-state index is 3.73. The highest BCUT2D eigenvalue weighted by Gasteiger charge is 2.35. The van der Waals surface area contributed by atoms with Crippen LogP contribution in [0.1, 0.15) is 50.7 Å². The van der Waals surface area contributed by atoms with Crippen molar-refractivity contribution in [3.8, 4) is 0 Å². The van der Waals surface area contributed by atoms with Crippen molar-refractivity contribution in [3.63, 3.8) is 0 Å². The van der Waals surface area contributed by atoms with Crippen molar-refractivity contribution in [2.24, 2.45) is 0 Å². The van der Waals surface area contributed by atoms with Crippen LogP contribution in [0.25, 0.3) is 6.08 Å². The number of fused-ring (bicyclic) bond motifs is 3. The summed E-state index contributed by atoms with van der Waals surface area (Å²) in [5, 5.41) is 3.73. The summed E-state index contributed by atoms with van der Waals surface area (Å²) in [5.41, 5.74) is 9.07. The second-order valence-electron chi connectivity index (χ2n) is 6.91. The predicted molar refractivity (Wildman–Crippen MR) is 84.4 cm³/mol. The van der Waals surface area contributed by atoms with Gasteiger partial charge in [-0.05, 0) is 49.5 Å². The molecule has 0 fully saturated rings. The van der Waals surface area contributed by atoms with Crippen LogP contribution in [-0.4, -0.2) is 5.54 Å². The second-order valence-corrected chi connectivity index (χ2v) is 6.91. The summed E-state index contributed by atoms with van der Waals surface area (Å²) < 4.78 is 0. The minimum atomic E-state index is 0.0851. The molecule has 3 aliphatic rings. The van der Waals surface area contributed by atoms with Crippen molar-refractivity contribution in [1.82, 2.24) is 5.32 Å². The molecule has 0 amide bonds. The Labute approximate surface area is 121 Å². The van der Waals surface area contributed by atoms with Gasteiger partial charge < -0.3 is 5.32 Å². The van der Waals surface area contributed by atoms with Crippen molar-refractivity contribution in [2.45, 2.75) is 45.1 Å². The molecule has 1 aliphatic heterocycles. The summed E-state index contributed by atoms with van der Waals surface area (Å²) in [6.07, 6.45) is 7.03. The van der Waals surface area contributed by atoms with Gasteiger partial charge in [-0.2, -0.15) is 0 Å². The first-order valence-electron chi connectivity index (χ1n) is 7.53. The van der Waals surface area contributed by atoms with Gasteiger partial charge in [0.25, 0.3) is 0 Å². The third-order valence-corrected chi connectivity index (χ3v) is 4.84. The van der Waals surface area contributed by atoms with E-state index in [0.717, 1.165) is 12.8 Å². The number of allylic oxidation sites excluding steroid dienone is 3. The Balaban J connectivity index is 1.76. The van der Waals surface area contributed by atoms with Gasteiger partial charge in [0.1, 0.15) is 0 Å². The standard InChI is InChI=1S/C19H21N/c1-12-11-19(2,3)20-18-9-14-8-13-6-4-5-7-15(13)17(14)10-16(12)18/h4-8,11,17,20H,9-10H2,1-3H3. The fraction of sp³-hybridized carbons (Fsp3) is 0.368. The van der Waals surface area contributed by atoms with Crippen LogP contribution in [0, 0.1) is 0 Å². The van der Waals surface area contributed by atoms with Crippen LogP contribution in [0.5, 0.6) is 0 Å². The van der Waals surface area contributed by atoms with E-state index in [1.807, 2.05) is 0 Å². The van der Waals surface area contributed by atoms with Gasteiger partial charge >= 0.3 is 0 Å². The highest BCUT2D eigenvalue weighted by Crippen LogP contribution is 2.49. The van der Waals surface area contributed by atoms with Crippen LogP contribution in [-0.2, 0) is 0 Å². The minimum absolute atomic E-state index is 0.0851. The van der Waals surface area contributed by atoms with Crippen LogP contribution in [0.4, 0.5) is 0 Å². The van der Waals surface area contributed by atoms with Crippen molar-refractivity contribution in [3.05, 3.63) is 63.9 Å². The molecule has 102 valence electrons. The van der Waals surface area contributed by atoms with E-state index < -0.39 is 0 Å². The summed E-state index contributed by atoms with van der Waals surface area (Å²) in [6, 6.07) is 8.87. The molecule has 0 bridgehead atoms. The van der Waals surface area contributed by atoms with Gasteiger partial charge in [0.15, 0.2) is 0 Å². The van der Waals surface area contributed by atoms with Gasteiger partial charge in [-0.15, -0.1) is 0 Å². The third-order valence-electron chi connectivity index (χ3n) is 4.84. The number of hydrogen-bond donors (Lipinski definition) is 1. The first kappa shape index (κ1) is 12.0. The van der Waals surface area contributed by atoms with E-state index in [-0.39, 0.29) is 5.54 Å². The van der Waals surface area contributed by atoms with E-state index >= 15 is 0 Å². The van der Waals surface area contributed by atoms with Crippen LogP contribution in [0.3, 0.4) is 0 Å². The summed E-state index contributed by atoms with van der Waals surface area (Å²) >= 11 is 0. The summed E-state index contributed by atoms with van der Waals surface area (Å²) in [6.45, 7) is 6.78. The average molecular weight is 263 g/mol. The molecule has 0 radical (unpaired) electrons. The van der Waals surface area contributed by atoms with Gasteiger partial charge in [0, 0.05) is 18.0 Å². The number of hydrogen-bond acceptors (Lipinski definition) is 1. The molecule has 0 saturated carbocycles. The van der Waals surface area contributed by atoms with Gasteiger partial charge in [0.2, 0.25) is 0 Å². The zero-order chi connectivity index (χ0) is 13.9. The molecule has 1 aromatic carbocycles. The van der Waals surface area contributed by atoms with Crippen LogP contribution < -0.4 is 5.32 Å². The fourth-order valence-corrected chi connectivity index (χ4v) is 4.09. The number of dihydropyridines is 1. The highest BCUT2D eigenvalue weighted by molar-refractivity contribution is 5.69. The molecule has 20 heavy (non-hydrogen) atoms. The first-order chi connectivity index (χ1) is 9.53. The van der Waals surface area contributed by atoms with Crippen molar-refractivity contribution < 1.29 is 0 Å². The first-order valence-corrected chi connectivity index (χ1v) is 7.53. The molecule has 0 spiro atoms. The molecule has 0 aromatic heterocycles. The van der Waals surface area contributed by atoms with Gasteiger partial charge in [-0.3, -0.25) is 0 Å². The smallest absolute Gasteiger partial charge is 0.0502 e. The van der Waals surface area contributed by atoms with Crippen molar-refractivity contribution in [1.29, 1.82) is 0 Å². The zero-order valence-corrected chi connectivity index (χ0v) is 12.5. The van der Waals surface area contributed by atoms with E-state index in [2.05, 4.69) is 62.5 Å². The molecular weight excluding hydrogens is 242 g/mol. The molecule has 2 aliphatic carbocycles. The average Bonchev–Trinajstić information content (AvgIpc) is 2.72. The Morgan fingerprint density at radius 3 is 2.85 bits per heavy atom. The maximum absolute atomic E-state index is 3.73. The van der Waals surface area contributed by atoms with Crippen LogP contribution in [0.15, 0.2) is 52.8 Å². The third kappa shape index (κ3) is 1.69. The molecule has 1 atom stereocenters. The molecule has 1 heteroatoms. The van der Waals surface area contributed by atoms with E-state index in [0.29, 0.717) is 5.92 Å². The Bertz CT molecular complexity index is 685. The predicted octanol–water partition coefficient (Wildman–Crippen LogP) is 4.54. The lowest BCUT2D eigenvalue weighted by molar-refractivity contribution is 0.491. The largest absolute Gasteiger partial charge is 0.379 e. The number of benzene rings is 1. The normalized spacial score (nSPS) is 26.1. The van der Waals surface area contributed by atoms with Crippen molar-refractivity contribution in [2.75, 3.05) is 0 Å². The molecule has 1 unspecified atom stereocenters. The van der Waals surface area contributed by atoms with Crippen molar-refractivity contribution >= 4 is 6.08 Å². The Morgan fingerprint density at radius 2 is 2.00 bits per heavy atom. The minimum Gasteiger partial charge on any atom is -0.379 e. The maximum Gasteiger partial charge on any atom is 0.0502 e. The molecular formula is C19H21N. The summed E-state index contributed by atoms with van der Waals surface area (Å²) in [7, 11) is 0. The lowest BCUT2D eigenvalue weighted by Gasteiger charge is -2.38. The fourth-order valence-electron chi connectivity index (χ4n) is 4.09. The lowest BCUT2D eigenvalue weighted by Crippen LogP contribution is -2.41. The molecule has 1 heterocycles. The van der Waals surface area contributed by atoms with E-state index in [1.165, 1.54) is 22.4 Å². The Morgan fingerprint density at radius 1 is 1.20 bits per heavy atom. The van der Waals surface area contributed by atoms with Gasteiger partial charge in [0.05, 0.1) is 5.54 Å².